The largest absolute Gasteiger partial charge is 0.393 e. The molecule has 0 amide bonds. The number of hydrogen-bond acceptors (Lipinski definition) is 1. The molecule has 0 aromatic carbocycles. The van der Waals surface area contributed by atoms with Gasteiger partial charge >= 0.3 is 0 Å². The average molecular weight is 154 g/mol. The smallest absolute Gasteiger partial charge is 0.0571 e. The van der Waals surface area contributed by atoms with Crippen molar-refractivity contribution in [2.45, 2.75) is 45.1 Å². The molecular weight excluding hydrogens is 136 g/mol. The molecule has 0 aromatic heterocycles. The Labute approximate surface area is 68.8 Å². The van der Waals surface area contributed by atoms with Crippen molar-refractivity contribution in [1.82, 2.24) is 0 Å². The molecule has 2 aliphatic rings. The topological polar surface area (TPSA) is 20.2 Å². The third-order valence-corrected chi connectivity index (χ3v) is 3.79. The highest BCUT2D eigenvalue weighted by atomic mass is 16.3. The lowest BCUT2D eigenvalue weighted by Crippen LogP contribution is -2.19. The lowest BCUT2D eigenvalue weighted by atomic mass is 9.79. The zero-order valence-corrected chi connectivity index (χ0v) is 7.29. The maximum absolute atomic E-state index is 9.63. The standard InChI is InChI=1S/C10H18O/c1-7-9-5-3-2-4-8(9)6-10(7)11/h7-11H,2-6H2,1H3/t7-,8?,9?,10+/m0/s1. The van der Waals surface area contributed by atoms with Gasteiger partial charge in [0.2, 0.25) is 0 Å². The van der Waals surface area contributed by atoms with E-state index in [-0.39, 0.29) is 6.10 Å². The van der Waals surface area contributed by atoms with Gasteiger partial charge in [0.25, 0.3) is 0 Å². The molecule has 0 bridgehead atoms. The van der Waals surface area contributed by atoms with Gasteiger partial charge in [-0.25, -0.2) is 0 Å². The third-order valence-electron chi connectivity index (χ3n) is 3.79. The molecule has 2 saturated carbocycles. The zero-order valence-electron chi connectivity index (χ0n) is 7.29. The van der Waals surface area contributed by atoms with Crippen molar-refractivity contribution >= 4 is 0 Å². The number of rotatable bonds is 0. The van der Waals surface area contributed by atoms with Crippen molar-refractivity contribution in [2.75, 3.05) is 0 Å². The molecule has 1 heteroatoms. The van der Waals surface area contributed by atoms with E-state index < -0.39 is 0 Å². The number of aliphatic hydroxyl groups is 1. The van der Waals surface area contributed by atoms with E-state index in [1.807, 2.05) is 0 Å². The molecule has 0 heterocycles. The second kappa shape index (κ2) is 2.78. The van der Waals surface area contributed by atoms with Crippen LogP contribution < -0.4 is 0 Å². The van der Waals surface area contributed by atoms with Gasteiger partial charge in [-0.05, 0) is 30.6 Å². The molecule has 64 valence electrons. The molecule has 2 aliphatic carbocycles. The minimum absolute atomic E-state index is 0.0168. The quantitative estimate of drug-likeness (QED) is 0.567. The van der Waals surface area contributed by atoms with E-state index in [4.69, 9.17) is 0 Å². The SMILES string of the molecule is C[C@H]1C2CCCCC2C[C@H]1O. The van der Waals surface area contributed by atoms with E-state index in [0.717, 1.165) is 18.3 Å². The van der Waals surface area contributed by atoms with Crippen molar-refractivity contribution in [3.05, 3.63) is 0 Å². The number of fused-ring (bicyclic) bond motifs is 1. The normalized spacial score (nSPS) is 50.7. The highest BCUT2D eigenvalue weighted by Crippen LogP contribution is 2.45. The second-order valence-corrected chi connectivity index (χ2v) is 4.37. The van der Waals surface area contributed by atoms with E-state index >= 15 is 0 Å². The average Bonchev–Trinajstić information content (AvgIpc) is 2.30. The van der Waals surface area contributed by atoms with Gasteiger partial charge in [0.15, 0.2) is 0 Å². The van der Waals surface area contributed by atoms with E-state index in [1.54, 1.807) is 0 Å². The summed E-state index contributed by atoms with van der Waals surface area (Å²) in [7, 11) is 0. The maximum Gasteiger partial charge on any atom is 0.0571 e. The summed E-state index contributed by atoms with van der Waals surface area (Å²) in [6.07, 6.45) is 6.67. The Balaban J connectivity index is 2.05. The Morgan fingerprint density at radius 2 is 1.91 bits per heavy atom. The number of aliphatic hydroxyl groups excluding tert-OH is 1. The van der Waals surface area contributed by atoms with Crippen LogP contribution in [0.4, 0.5) is 0 Å². The van der Waals surface area contributed by atoms with Crippen LogP contribution in [0.25, 0.3) is 0 Å². The maximum atomic E-state index is 9.63. The lowest BCUT2D eigenvalue weighted by molar-refractivity contribution is 0.125. The molecule has 2 unspecified atom stereocenters. The molecule has 0 radical (unpaired) electrons. The summed E-state index contributed by atoms with van der Waals surface area (Å²) >= 11 is 0. The molecule has 2 rings (SSSR count). The van der Waals surface area contributed by atoms with Crippen molar-refractivity contribution < 1.29 is 5.11 Å². The summed E-state index contributed by atoms with van der Waals surface area (Å²) in [6.45, 7) is 2.22. The fourth-order valence-electron chi connectivity index (χ4n) is 3.03. The molecule has 11 heavy (non-hydrogen) atoms. The van der Waals surface area contributed by atoms with E-state index in [0.29, 0.717) is 5.92 Å². The summed E-state index contributed by atoms with van der Waals surface area (Å²) in [5.74, 6) is 2.31. The Kier molecular flexibility index (Phi) is 1.92. The van der Waals surface area contributed by atoms with Crippen LogP contribution in [-0.2, 0) is 0 Å². The highest BCUT2D eigenvalue weighted by Gasteiger charge is 2.40. The summed E-state index contributed by atoms with van der Waals surface area (Å²) in [5.41, 5.74) is 0. The first-order valence-electron chi connectivity index (χ1n) is 4.97. The summed E-state index contributed by atoms with van der Waals surface area (Å²) in [5, 5.41) is 9.63. The fraction of sp³-hybridized carbons (Fsp3) is 1.00. The molecule has 1 N–H and O–H groups in total. The first-order valence-corrected chi connectivity index (χ1v) is 4.97. The zero-order chi connectivity index (χ0) is 7.84. The Morgan fingerprint density at radius 3 is 2.64 bits per heavy atom. The molecule has 0 saturated heterocycles. The Morgan fingerprint density at radius 1 is 1.18 bits per heavy atom. The van der Waals surface area contributed by atoms with Crippen molar-refractivity contribution in [1.29, 1.82) is 0 Å². The van der Waals surface area contributed by atoms with Gasteiger partial charge < -0.3 is 5.11 Å². The van der Waals surface area contributed by atoms with Gasteiger partial charge in [-0.1, -0.05) is 26.2 Å². The van der Waals surface area contributed by atoms with Gasteiger partial charge in [-0.15, -0.1) is 0 Å². The minimum atomic E-state index is 0.0168. The molecule has 1 nitrogen and oxygen atoms in total. The predicted octanol–water partition coefficient (Wildman–Crippen LogP) is 2.19. The van der Waals surface area contributed by atoms with Crippen LogP contribution in [0.1, 0.15) is 39.0 Å². The van der Waals surface area contributed by atoms with Gasteiger partial charge in [0.1, 0.15) is 0 Å². The van der Waals surface area contributed by atoms with Gasteiger partial charge in [0, 0.05) is 0 Å². The van der Waals surface area contributed by atoms with Gasteiger partial charge in [-0.2, -0.15) is 0 Å². The first kappa shape index (κ1) is 7.60. The summed E-state index contributed by atoms with van der Waals surface area (Å²) in [6, 6.07) is 0. The van der Waals surface area contributed by atoms with Gasteiger partial charge in [0.05, 0.1) is 6.10 Å². The van der Waals surface area contributed by atoms with Crippen molar-refractivity contribution in [2.24, 2.45) is 17.8 Å². The molecular formula is C10H18O. The summed E-state index contributed by atoms with van der Waals surface area (Å²) in [4.78, 5) is 0. The van der Waals surface area contributed by atoms with E-state index in [2.05, 4.69) is 6.92 Å². The van der Waals surface area contributed by atoms with Crippen LogP contribution >= 0.6 is 0 Å². The fourth-order valence-corrected chi connectivity index (χ4v) is 3.03. The molecule has 4 atom stereocenters. The van der Waals surface area contributed by atoms with Crippen LogP contribution in [0.5, 0.6) is 0 Å². The monoisotopic (exact) mass is 154 g/mol. The summed E-state index contributed by atoms with van der Waals surface area (Å²) < 4.78 is 0. The Bertz CT molecular complexity index is 144. The second-order valence-electron chi connectivity index (χ2n) is 4.37. The van der Waals surface area contributed by atoms with Crippen LogP contribution in [0.15, 0.2) is 0 Å². The van der Waals surface area contributed by atoms with Gasteiger partial charge in [-0.3, -0.25) is 0 Å². The van der Waals surface area contributed by atoms with E-state index in [1.165, 1.54) is 25.7 Å². The van der Waals surface area contributed by atoms with Crippen LogP contribution in [0.3, 0.4) is 0 Å². The first-order chi connectivity index (χ1) is 5.29. The van der Waals surface area contributed by atoms with E-state index in [9.17, 15) is 5.11 Å². The predicted molar refractivity (Wildman–Crippen MR) is 45.2 cm³/mol. The molecule has 0 aromatic rings. The van der Waals surface area contributed by atoms with Crippen LogP contribution in [0, 0.1) is 17.8 Å². The van der Waals surface area contributed by atoms with Crippen LogP contribution in [-0.4, -0.2) is 11.2 Å². The number of hydrogen-bond donors (Lipinski definition) is 1. The third kappa shape index (κ3) is 1.20. The molecule has 0 aliphatic heterocycles. The molecule has 0 spiro atoms. The minimum Gasteiger partial charge on any atom is -0.393 e. The van der Waals surface area contributed by atoms with Crippen LogP contribution in [0.2, 0.25) is 0 Å². The Hall–Kier alpha value is -0.0400. The molecule has 2 fully saturated rings. The lowest BCUT2D eigenvalue weighted by Gasteiger charge is -2.27. The highest BCUT2D eigenvalue weighted by molar-refractivity contribution is 4.90. The van der Waals surface area contributed by atoms with Crippen molar-refractivity contribution in [3.63, 3.8) is 0 Å². The van der Waals surface area contributed by atoms with Crippen molar-refractivity contribution in [3.8, 4) is 0 Å².